The number of pyridine rings is 1. The summed E-state index contributed by atoms with van der Waals surface area (Å²) < 4.78 is 46.4. The van der Waals surface area contributed by atoms with Gasteiger partial charge < -0.3 is 0 Å². The molecule has 0 N–H and O–H groups in total. The molecule has 0 radical (unpaired) electrons. The van der Waals surface area contributed by atoms with Crippen LogP contribution in [0.15, 0.2) is 182 Å². The van der Waals surface area contributed by atoms with Crippen LogP contribution in [0.25, 0.3) is 110 Å². The maximum Gasteiger partial charge on any atom is 0.417 e. The van der Waals surface area contributed by atoms with Crippen molar-refractivity contribution in [1.29, 1.82) is 0 Å². The van der Waals surface area contributed by atoms with Gasteiger partial charge in [-0.2, -0.15) is 13.2 Å². The Bertz CT molecular complexity index is 3380. The minimum atomic E-state index is -4.71. The fraction of sp³-hybridized carbons (Fsp3) is 0.0192. The van der Waals surface area contributed by atoms with E-state index in [1.807, 2.05) is 109 Å². The van der Waals surface area contributed by atoms with E-state index in [1.54, 1.807) is 0 Å². The van der Waals surface area contributed by atoms with Gasteiger partial charge in [-0.25, -0.2) is 15.0 Å². The van der Waals surface area contributed by atoms with Gasteiger partial charge in [-0.15, -0.1) is 0 Å². The van der Waals surface area contributed by atoms with Gasteiger partial charge in [-0.3, -0.25) is 0 Å². The minimum Gasteiger partial charge on any atom is -0.247 e. The predicted molar refractivity (Wildman–Crippen MR) is 232 cm³/mol. The lowest BCUT2D eigenvalue weighted by Crippen LogP contribution is -2.09. The van der Waals surface area contributed by atoms with Crippen molar-refractivity contribution in [2.45, 2.75) is 6.18 Å². The van der Waals surface area contributed by atoms with Crippen molar-refractivity contribution >= 4 is 65.0 Å². The molecule has 0 spiro atoms. The number of para-hydroxylation sites is 1. The molecule has 274 valence electrons. The Labute approximate surface area is 330 Å². The number of rotatable bonds is 4. The molecule has 58 heavy (non-hydrogen) atoms. The molecule has 11 rings (SSSR count). The third kappa shape index (κ3) is 5.40. The SMILES string of the molecule is FC(F)(F)c1cc2nc(-c3ccccc3)c(-c3ccccc3)nc2c2c1c(-c1ccc(-c3ccc4c5ccccc5c5ccccc5c4c3)cc1)nc1ccccc12. The predicted octanol–water partition coefficient (Wildman–Crippen LogP) is 14.5. The highest BCUT2D eigenvalue weighted by atomic mass is 19.4. The van der Waals surface area contributed by atoms with Crippen LogP contribution in [-0.2, 0) is 6.18 Å². The number of halogens is 3. The third-order valence-corrected chi connectivity index (χ3v) is 11.2. The number of hydrogen-bond acceptors (Lipinski definition) is 3. The standard InChI is InChI=1S/C52H30F3N3/c53-52(54,55)43-30-45-51(58-50(33-15-5-2-6-16-33)49(57-45)32-13-3-1-4-14-32)46-41-21-11-12-22-44(41)56-48(47(43)46)34-25-23-31(24-26-34)35-27-28-40-38-19-8-7-17-36(38)37-18-9-10-20-39(37)42(40)29-35/h1-30H. The van der Waals surface area contributed by atoms with Crippen molar-refractivity contribution in [3.8, 4) is 44.9 Å². The fourth-order valence-electron chi connectivity index (χ4n) is 8.60. The normalized spacial score (nSPS) is 12.1. The Balaban J connectivity index is 1.15. The molecule has 2 aromatic heterocycles. The molecule has 0 unspecified atom stereocenters. The molecule has 9 aromatic carbocycles. The van der Waals surface area contributed by atoms with Gasteiger partial charge in [0.2, 0.25) is 0 Å². The number of alkyl halides is 3. The molecular weight excluding hydrogens is 724 g/mol. The molecule has 0 fully saturated rings. The summed E-state index contributed by atoms with van der Waals surface area (Å²) in [6.07, 6.45) is -4.71. The lowest BCUT2D eigenvalue weighted by Gasteiger charge is -2.19. The van der Waals surface area contributed by atoms with E-state index in [2.05, 4.69) is 66.7 Å². The van der Waals surface area contributed by atoms with E-state index in [4.69, 9.17) is 15.0 Å². The first kappa shape index (κ1) is 33.9. The van der Waals surface area contributed by atoms with E-state index in [1.165, 1.54) is 26.9 Å². The summed E-state index contributed by atoms with van der Waals surface area (Å²) in [5.74, 6) is 0. The molecule has 0 aliphatic carbocycles. The molecule has 11 aromatic rings. The Hall–Kier alpha value is -7.44. The van der Waals surface area contributed by atoms with Crippen LogP contribution >= 0.6 is 0 Å². The summed E-state index contributed by atoms with van der Waals surface area (Å²) in [5.41, 5.74) is 5.74. The average molecular weight is 754 g/mol. The number of hydrogen-bond donors (Lipinski definition) is 0. The van der Waals surface area contributed by atoms with Crippen LogP contribution in [0.2, 0.25) is 0 Å². The molecule has 0 saturated heterocycles. The highest BCUT2D eigenvalue weighted by molar-refractivity contribution is 6.26. The smallest absolute Gasteiger partial charge is 0.247 e. The molecule has 2 heterocycles. The second-order valence-corrected chi connectivity index (χ2v) is 14.6. The first-order valence-corrected chi connectivity index (χ1v) is 19.1. The van der Waals surface area contributed by atoms with Gasteiger partial charge in [0.25, 0.3) is 0 Å². The molecule has 3 nitrogen and oxygen atoms in total. The first-order chi connectivity index (χ1) is 28.4. The molecule has 0 aliphatic heterocycles. The summed E-state index contributed by atoms with van der Waals surface area (Å²) in [6, 6.07) is 58.7. The van der Waals surface area contributed by atoms with E-state index >= 15 is 13.2 Å². The number of benzene rings is 9. The summed E-state index contributed by atoms with van der Waals surface area (Å²) in [5, 5.41) is 8.02. The van der Waals surface area contributed by atoms with Crippen molar-refractivity contribution in [3.63, 3.8) is 0 Å². The number of fused-ring (bicyclic) bond motifs is 11. The Kier molecular flexibility index (Phi) is 7.63. The van der Waals surface area contributed by atoms with Gasteiger partial charge in [-0.05, 0) is 61.6 Å². The van der Waals surface area contributed by atoms with Gasteiger partial charge >= 0.3 is 6.18 Å². The van der Waals surface area contributed by atoms with Gasteiger partial charge in [-0.1, -0.05) is 164 Å². The summed E-state index contributed by atoms with van der Waals surface area (Å²) in [6.45, 7) is 0. The molecular formula is C52H30F3N3. The van der Waals surface area contributed by atoms with Gasteiger partial charge in [0.05, 0.1) is 39.2 Å². The van der Waals surface area contributed by atoms with Crippen molar-refractivity contribution in [2.75, 3.05) is 0 Å². The van der Waals surface area contributed by atoms with E-state index in [-0.39, 0.29) is 16.6 Å². The maximum atomic E-state index is 15.5. The summed E-state index contributed by atoms with van der Waals surface area (Å²) in [7, 11) is 0. The van der Waals surface area contributed by atoms with Crippen LogP contribution in [0.3, 0.4) is 0 Å². The number of nitrogens with zero attached hydrogens (tertiary/aromatic N) is 3. The van der Waals surface area contributed by atoms with Crippen LogP contribution in [0.5, 0.6) is 0 Å². The molecule has 0 amide bonds. The Morgan fingerprint density at radius 1 is 0.310 bits per heavy atom. The largest absolute Gasteiger partial charge is 0.417 e. The lowest BCUT2D eigenvalue weighted by atomic mass is 9.91. The molecule has 0 saturated carbocycles. The van der Waals surface area contributed by atoms with E-state index in [0.717, 1.165) is 33.7 Å². The van der Waals surface area contributed by atoms with Gasteiger partial charge in [0.15, 0.2) is 0 Å². The van der Waals surface area contributed by atoms with E-state index in [0.29, 0.717) is 38.8 Å². The van der Waals surface area contributed by atoms with Crippen LogP contribution < -0.4 is 0 Å². The lowest BCUT2D eigenvalue weighted by molar-refractivity contribution is -0.136. The second-order valence-electron chi connectivity index (χ2n) is 14.6. The fourth-order valence-corrected chi connectivity index (χ4v) is 8.60. The zero-order valence-corrected chi connectivity index (χ0v) is 30.8. The Morgan fingerprint density at radius 3 is 1.36 bits per heavy atom. The van der Waals surface area contributed by atoms with Crippen molar-refractivity contribution in [1.82, 2.24) is 15.0 Å². The summed E-state index contributed by atoms with van der Waals surface area (Å²) in [4.78, 5) is 15.2. The molecule has 6 heteroatoms. The average Bonchev–Trinajstić information content (AvgIpc) is 3.28. The van der Waals surface area contributed by atoms with Gasteiger partial charge in [0, 0.05) is 32.8 Å². The van der Waals surface area contributed by atoms with Crippen LogP contribution in [-0.4, -0.2) is 15.0 Å². The summed E-state index contributed by atoms with van der Waals surface area (Å²) >= 11 is 0. The molecule has 0 aliphatic rings. The highest BCUT2D eigenvalue weighted by Crippen LogP contribution is 2.46. The Morgan fingerprint density at radius 2 is 0.759 bits per heavy atom. The van der Waals surface area contributed by atoms with Gasteiger partial charge in [0.1, 0.15) is 0 Å². The zero-order chi connectivity index (χ0) is 39.0. The van der Waals surface area contributed by atoms with E-state index < -0.39 is 11.7 Å². The highest BCUT2D eigenvalue weighted by Gasteiger charge is 2.36. The minimum absolute atomic E-state index is 0.00345. The molecule has 0 bridgehead atoms. The molecule has 0 atom stereocenters. The topological polar surface area (TPSA) is 38.7 Å². The monoisotopic (exact) mass is 753 g/mol. The first-order valence-electron chi connectivity index (χ1n) is 19.1. The van der Waals surface area contributed by atoms with E-state index in [9.17, 15) is 0 Å². The maximum absolute atomic E-state index is 15.5. The third-order valence-electron chi connectivity index (χ3n) is 11.2. The van der Waals surface area contributed by atoms with Crippen LogP contribution in [0.1, 0.15) is 5.56 Å². The van der Waals surface area contributed by atoms with Crippen molar-refractivity contribution in [2.24, 2.45) is 0 Å². The van der Waals surface area contributed by atoms with Crippen LogP contribution in [0, 0.1) is 0 Å². The van der Waals surface area contributed by atoms with Crippen molar-refractivity contribution in [3.05, 3.63) is 188 Å². The van der Waals surface area contributed by atoms with Crippen molar-refractivity contribution < 1.29 is 13.2 Å². The number of aromatic nitrogens is 3. The van der Waals surface area contributed by atoms with Crippen LogP contribution in [0.4, 0.5) is 13.2 Å². The second kappa shape index (κ2) is 13.1. The quantitative estimate of drug-likeness (QED) is 0.168. The zero-order valence-electron chi connectivity index (χ0n) is 30.8.